The summed E-state index contributed by atoms with van der Waals surface area (Å²) in [6, 6.07) is 12.8. The Morgan fingerprint density at radius 1 is 1.18 bits per heavy atom. The van der Waals surface area contributed by atoms with Gasteiger partial charge in [0.1, 0.15) is 5.69 Å². The summed E-state index contributed by atoms with van der Waals surface area (Å²) in [5.41, 5.74) is 1.56. The lowest BCUT2D eigenvalue weighted by Gasteiger charge is -2.26. The molecule has 150 valence electrons. The van der Waals surface area contributed by atoms with Crippen molar-refractivity contribution >= 4 is 11.8 Å². The van der Waals surface area contributed by atoms with E-state index in [2.05, 4.69) is 10.3 Å². The van der Waals surface area contributed by atoms with E-state index in [0.717, 1.165) is 11.1 Å². The van der Waals surface area contributed by atoms with E-state index in [1.165, 1.54) is 0 Å². The van der Waals surface area contributed by atoms with E-state index in [4.69, 9.17) is 0 Å². The van der Waals surface area contributed by atoms with E-state index < -0.39 is 5.92 Å². The van der Waals surface area contributed by atoms with Crippen LogP contribution in [-0.2, 0) is 11.3 Å². The molecule has 6 nitrogen and oxygen atoms in total. The molecule has 0 bridgehead atoms. The van der Waals surface area contributed by atoms with Gasteiger partial charge in [-0.3, -0.25) is 14.6 Å². The molecule has 0 aliphatic carbocycles. The number of aromatic nitrogens is 1. The summed E-state index contributed by atoms with van der Waals surface area (Å²) < 4.78 is 0. The number of aliphatic hydroxyl groups is 1. The number of rotatable bonds is 7. The van der Waals surface area contributed by atoms with Gasteiger partial charge in [0.05, 0.1) is 12.5 Å². The molecule has 0 fully saturated rings. The number of hydrogen-bond donors (Lipinski definition) is 2. The first kappa shape index (κ1) is 21.6. The van der Waals surface area contributed by atoms with Gasteiger partial charge in [-0.1, -0.05) is 30.3 Å². The molecule has 2 aromatic rings. The van der Waals surface area contributed by atoms with Crippen molar-refractivity contribution in [3.63, 3.8) is 0 Å². The van der Waals surface area contributed by atoms with Crippen molar-refractivity contribution < 1.29 is 14.7 Å². The smallest absolute Gasteiger partial charge is 0.270 e. The number of amides is 2. The first-order chi connectivity index (χ1) is 13.2. The second kappa shape index (κ2) is 9.46. The number of carbonyl (C=O) groups is 2. The summed E-state index contributed by atoms with van der Waals surface area (Å²) in [6.07, 6.45) is 1.58. The highest BCUT2D eigenvalue weighted by Gasteiger charge is 2.25. The fourth-order valence-electron chi connectivity index (χ4n) is 2.90. The molecule has 0 saturated carbocycles. The minimum Gasteiger partial charge on any atom is -0.395 e. The molecule has 1 heterocycles. The van der Waals surface area contributed by atoms with Crippen LogP contribution in [0.2, 0.25) is 0 Å². The predicted molar refractivity (Wildman–Crippen MR) is 109 cm³/mol. The number of hydrogen-bond acceptors (Lipinski definition) is 4. The Balaban J connectivity index is 2.17. The normalized spacial score (nSPS) is 12.3. The van der Waals surface area contributed by atoms with Gasteiger partial charge in [0.2, 0.25) is 5.91 Å². The molecular weight excluding hydrogens is 354 g/mol. The average Bonchev–Trinajstić information content (AvgIpc) is 2.66. The molecule has 6 heteroatoms. The highest BCUT2D eigenvalue weighted by atomic mass is 16.3. The molecule has 1 atom stereocenters. The van der Waals surface area contributed by atoms with Crippen LogP contribution in [0, 0.1) is 0 Å². The molecule has 0 spiro atoms. The number of benzene rings is 1. The number of nitrogens with zero attached hydrogens (tertiary/aromatic N) is 2. The average molecular weight is 383 g/mol. The summed E-state index contributed by atoms with van der Waals surface area (Å²) in [5.74, 6) is -0.999. The molecule has 1 unspecified atom stereocenters. The van der Waals surface area contributed by atoms with Crippen LogP contribution < -0.4 is 5.32 Å². The van der Waals surface area contributed by atoms with Gasteiger partial charge in [-0.05, 0) is 51.0 Å². The van der Waals surface area contributed by atoms with Crippen LogP contribution in [0.5, 0.6) is 0 Å². The van der Waals surface area contributed by atoms with Crippen LogP contribution in [-0.4, -0.2) is 45.5 Å². The van der Waals surface area contributed by atoms with Gasteiger partial charge in [-0.2, -0.15) is 0 Å². The summed E-state index contributed by atoms with van der Waals surface area (Å²) in [6.45, 7) is 8.20. The fraction of sp³-hybridized carbons (Fsp3) is 0.409. The number of aliphatic hydroxyl groups excluding tert-OH is 1. The van der Waals surface area contributed by atoms with Crippen LogP contribution in [0.25, 0.3) is 0 Å². The summed E-state index contributed by atoms with van der Waals surface area (Å²) in [4.78, 5) is 31.2. The van der Waals surface area contributed by atoms with E-state index in [9.17, 15) is 14.7 Å². The summed E-state index contributed by atoms with van der Waals surface area (Å²) >= 11 is 0. The Hall–Kier alpha value is -2.73. The standard InChI is InChI=1S/C22H29N3O3/c1-5-25(21(28)18(15-26)17-9-7-6-8-10-17)14-16-11-12-23-19(13-16)20(27)24-22(2,3)4/h6-13,18,26H,5,14-15H2,1-4H3,(H,24,27). The monoisotopic (exact) mass is 383 g/mol. The SMILES string of the molecule is CCN(Cc1ccnc(C(=O)NC(C)(C)C)c1)C(=O)C(CO)c1ccccc1. The Labute approximate surface area is 166 Å². The molecule has 2 rings (SSSR count). The third-order valence-electron chi connectivity index (χ3n) is 4.29. The second-order valence-corrected chi connectivity index (χ2v) is 7.75. The zero-order chi connectivity index (χ0) is 20.7. The molecule has 0 radical (unpaired) electrons. The Bertz CT molecular complexity index is 800. The van der Waals surface area contributed by atoms with Crippen molar-refractivity contribution in [1.82, 2.24) is 15.2 Å². The lowest BCUT2D eigenvalue weighted by atomic mass is 9.98. The maximum atomic E-state index is 13.0. The fourth-order valence-corrected chi connectivity index (χ4v) is 2.90. The zero-order valence-corrected chi connectivity index (χ0v) is 17.0. The van der Waals surface area contributed by atoms with E-state index in [1.54, 1.807) is 23.2 Å². The lowest BCUT2D eigenvalue weighted by Crippen LogP contribution is -2.41. The van der Waals surface area contributed by atoms with Crippen molar-refractivity contribution in [3.8, 4) is 0 Å². The molecule has 1 aromatic heterocycles. The first-order valence-electron chi connectivity index (χ1n) is 9.47. The Morgan fingerprint density at radius 3 is 2.43 bits per heavy atom. The summed E-state index contributed by atoms with van der Waals surface area (Å²) in [5, 5.41) is 12.7. The van der Waals surface area contributed by atoms with Gasteiger partial charge in [-0.15, -0.1) is 0 Å². The van der Waals surface area contributed by atoms with Gasteiger partial charge >= 0.3 is 0 Å². The Kier molecular flexibility index (Phi) is 7.29. The highest BCUT2D eigenvalue weighted by molar-refractivity contribution is 5.92. The molecule has 0 aliphatic rings. The van der Waals surface area contributed by atoms with E-state index >= 15 is 0 Å². The minimum absolute atomic E-state index is 0.145. The molecule has 0 saturated heterocycles. The summed E-state index contributed by atoms with van der Waals surface area (Å²) in [7, 11) is 0. The molecule has 28 heavy (non-hydrogen) atoms. The van der Waals surface area contributed by atoms with Crippen LogP contribution in [0.4, 0.5) is 0 Å². The molecule has 2 amide bonds. The van der Waals surface area contributed by atoms with Gasteiger partial charge < -0.3 is 15.3 Å². The number of likely N-dealkylation sites (N-methyl/N-ethyl adjacent to an activating group) is 1. The van der Waals surface area contributed by atoms with Gasteiger partial charge in [0.15, 0.2) is 0 Å². The van der Waals surface area contributed by atoms with Crippen LogP contribution in [0.3, 0.4) is 0 Å². The Morgan fingerprint density at radius 2 is 1.86 bits per heavy atom. The van der Waals surface area contributed by atoms with Crippen molar-refractivity contribution in [3.05, 3.63) is 65.5 Å². The maximum Gasteiger partial charge on any atom is 0.270 e. The van der Waals surface area contributed by atoms with Gasteiger partial charge in [0, 0.05) is 24.8 Å². The quantitative estimate of drug-likeness (QED) is 0.770. The van der Waals surface area contributed by atoms with E-state index in [0.29, 0.717) is 18.8 Å². The third-order valence-corrected chi connectivity index (χ3v) is 4.29. The van der Waals surface area contributed by atoms with Crippen molar-refractivity contribution in [1.29, 1.82) is 0 Å². The third kappa shape index (κ3) is 5.89. The maximum absolute atomic E-state index is 13.0. The lowest BCUT2D eigenvalue weighted by molar-refractivity contribution is -0.134. The van der Waals surface area contributed by atoms with Crippen LogP contribution in [0.15, 0.2) is 48.7 Å². The number of nitrogens with one attached hydrogen (secondary N) is 1. The molecule has 1 aromatic carbocycles. The van der Waals surface area contributed by atoms with Crippen LogP contribution >= 0.6 is 0 Å². The molecular formula is C22H29N3O3. The molecule has 0 aliphatic heterocycles. The highest BCUT2D eigenvalue weighted by Crippen LogP contribution is 2.19. The van der Waals surface area contributed by atoms with Crippen LogP contribution in [0.1, 0.15) is 55.2 Å². The van der Waals surface area contributed by atoms with Crippen molar-refractivity contribution in [2.45, 2.75) is 45.7 Å². The second-order valence-electron chi connectivity index (χ2n) is 7.75. The van der Waals surface area contributed by atoms with Crippen molar-refractivity contribution in [2.24, 2.45) is 0 Å². The van der Waals surface area contributed by atoms with Crippen molar-refractivity contribution in [2.75, 3.05) is 13.2 Å². The zero-order valence-electron chi connectivity index (χ0n) is 17.0. The minimum atomic E-state index is -0.605. The predicted octanol–water partition coefficient (Wildman–Crippen LogP) is 2.73. The number of carbonyl (C=O) groups excluding carboxylic acids is 2. The number of pyridine rings is 1. The van der Waals surface area contributed by atoms with E-state index in [-0.39, 0.29) is 24.0 Å². The van der Waals surface area contributed by atoms with Gasteiger partial charge in [-0.25, -0.2) is 0 Å². The largest absolute Gasteiger partial charge is 0.395 e. The topological polar surface area (TPSA) is 82.5 Å². The van der Waals surface area contributed by atoms with E-state index in [1.807, 2.05) is 58.0 Å². The van der Waals surface area contributed by atoms with Gasteiger partial charge in [0.25, 0.3) is 5.91 Å². The molecule has 2 N–H and O–H groups in total. The first-order valence-corrected chi connectivity index (χ1v) is 9.47.